The fraction of sp³-hybridized carbons (Fsp3) is 0. The summed E-state index contributed by atoms with van der Waals surface area (Å²) < 4.78 is 0. The summed E-state index contributed by atoms with van der Waals surface area (Å²) in [6.07, 6.45) is 0. The average Bonchev–Trinajstić information content (AvgIpc) is 0. The van der Waals surface area contributed by atoms with Gasteiger partial charge in [-0.2, -0.15) is 0 Å². The Bertz CT molecular complexity index is 0. The van der Waals surface area contributed by atoms with Crippen LogP contribution in [0.1, 0.15) is 0 Å². The van der Waals surface area contributed by atoms with E-state index < -0.39 is 0 Å². The van der Waals surface area contributed by atoms with Gasteiger partial charge in [0.05, 0.1) is 0 Å². The van der Waals surface area contributed by atoms with Gasteiger partial charge in [0.2, 0.25) is 0 Å². The zero-order valence-electron chi connectivity index (χ0n) is 2.45. The zero-order chi connectivity index (χ0) is 0. The normalized spacial score (nSPS) is 0. The van der Waals surface area contributed by atoms with Crippen molar-refractivity contribution in [1.82, 2.24) is 0 Å². The first-order valence-corrected chi connectivity index (χ1v) is 0. The Kier molecular flexibility index (Phi) is 36800. The van der Waals surface area contributed by atoms with Gasteiger partial charge >= 0.3 is 0 Å². The van der Waals surface area contributed by atoms with Gasteiger partial charge in [0, 0.05) is 0 Å². The van der Waals surface area contributed by atoms with Crippen LogP contribution in [0.25, 0.3) is 0 Å². The largest absolute Gasteiger partial charge is 0.269 e. The maximum absolute atomic E-state index is 0. The standard InChI is InChI=1S/6FH/h6*1H. The van der Waals surface area contributed by atoms with Crippen molar-refractivity contribution in [3.8, 4) is 0 Å². The Balaban J connectivity index is 0. The zero-order valence-corrected chi connectivity index (χ0v) is 2.45. The van der Waals surface area contributed by atoms with Crippen LogP contribution in [-0.2, 0) is 0 Å². The molecule has 0 unspecified atom stereocenters. The van der Waals surface area contributed by atoms with Crippen molar-refractivity contribution in [1.29, 1.82) is 0 Å². The second-order valence-electron chi connectivity index (χ2n) is 0. The Morgan fingerprint density at radius 2 is 0.167 bits per heavy atom. The SMILES string of the molecule is F.F.F.F.F.F. The minimum atomic E-state index is 0. The highest BCUT2D eigenvalue weighted by molar-refractivity contribution is 1.11. The molecule has 48 valence electrons. The number of hydrogen-bond acceptors (Lipinski definition) is 0. The van der Waals surface area contributed by atoms with Crippen LogP contribution in [0, 0.1) is 0 Å². The van der Waals surface area contributed by atoms with Crippen molar-refractivity contribution in [3.05, 3.63) is 0 Å². The van der Waals surface area contributed by atoms with E-state index >= 15 is 0 Å². The third kappa shape index (κ3) is 135. The lowest BCUT2D eigenvalue weighted by Gasteiger charge is -0.270. The molecule has 0 aromatic heterocycles. The smallest absolute Gasteiger partial charge is 0.269 e. The number of halogens is 6. The Hall–Kier alpha value is -0.420. The van der Waals surface area contributed by atoms with E-state index in [4.69, 9.17) is 0 Å². The van der Waals surface area contributed by atoms with Gasteiger partial charge in [-0.05, 0) is 0 Å². The molecule has 0 rings (SSSR count). The summed E-state index contributed by atoms with van der Waals surface area (Å²) in [7, 11) is 0. The Morgan fingerprint density at radius 3 is 0.167 bits per heavy atom. The van der Waals surface area contributed by atoms with Crippen LogP contribution in [0.2, 0.25) is 0 Å². The first kappa shape index (κ1) is 664. The minimum absolute atomic E-state index is 0. The van der Waals surface area contributed by atoms with Crippen molar-refractivity contribution in [2.24, 2.45) is 0 Å². The van der Waals surface area contributed by atoms with Gasteiger partial charge < -0.3 is 0 Å². The molecule has 0 nitrogen and oxygen atoms in total. The summed E-state index contributed by atoms with van der Waals surface area (Å²) in [6.45, 7) is 0. The molecule has 6 heavy (non-hydrogen) atoms. The molecule has 0 fully saturated rings. The lowest BCUT2D eigenvalue weighted by molar-refractivity contribution is 1.11. The van der Waals surface area contributed by atoms with Crippen molar-refractivity contribution < 1.29 is 28.2 Å². The molecule has 0 aromatic carbocycles. The summed E-state index contributed by atoms with van der Waals surface area (Å²) >= 11 is 0. The summed E-state index contributed by atoms with van der Waals surface area (Å²) in [5.74, 6) is 0. The fourth-order valence-electron chi connectivity index (χ4n) is 0. The average molecular weight is 120 g/mol. The van der Waals surface area contributed by atoms with E-state index in [1.807, 2.05) is 0 Å². The van der Waals surface area contributed by atoms with E-state index in [-0.39, 0.29) is 28.2 Å². The molecular weight excluding hydrogens is 114 g/mol. The van der Waals surface area contributed by atoms with E-state index in [0.29, 0.717) is 0 Å². The van der Waals surface area contributed by atoms with Gasteiger partial charge in [-0.25, -0.2) is 0 Å². The monoisotopic (exact) mass is 120 g/mol. The van der Waals surface area contributed by atoms with Crippen LogP contribution in [0.4, 0.5) is 28.2 Å². The van der Waals surface area contributed by atoms with Crippen LogP contribution in [0.15, 0.2) is 0 Å². The van der Waals surface area contributed by atoms with Gasteiger partial charge in [-0.15, -0.1) is 0 Å². The molecule has 0 saturated heterocycles. The number of hydrogen-bond donors (Lipinski definition) is 0. The third-order valence-electron chi connectivity index (χ3n) is 0. The van der Waals surface area contributed by atoms with E-state index in [1.165, 1.54) is 0 Å². The first-order valence-electron chi connectivity index (χ1n) is 0. The molecule has 0 N–H and O–H groups in total. The predicted octanol–water partition coefficient (Wildman–Crippen LogP) is 0.915. The molecule has 6 heteroatoms. The summed E-state index contributed by atoms with van der Waals surface area (Å²) in [6, 6.07) is 0. The topological polar surface area (TPSA) is 0 Å². The third-order valence-corrected chi connectivity index (χ3v) is 0. The van der Waals surface area contributed by atoms with Crippen LogP contribution >= 0.6 is 0 Å². The molecule has 0 atom stereocenters. The lowest BCUT2D eigenvalue weighted by Crippen LogP contribution is 0.419. The van der Waals surface area contributed by atoms with Gasteiger partial charge in [-0.1, -0.05) is 0 Å². The molecule has 0 aliphatic carbocycles. The molecule has 0 aliphatic rings. The van der Waals surface area contributed by atoms with E-state index in [0.717, 1.165) is 0 Å². The van der Waals surface area contributed by atoms with Crippen molar-refractivity contribution >= 4 is 0 Å². The highest BCUT2D eigenvalue weighted by atomic mass is 19.0. The van der Waals surface area contributed by atoms with Crippen LogP contribution in [-0.4, -0.2) is 0 Å². The predicted molar refractivity (Wildman–Crippen MR) is 15.0 cm³/mol. The molecule has 0 aromatic rings. The van der Waals surface area contributed by atoms with E-state index in [9.17, 15) is 0 Å². The highest BCUT2D eigenvalue weighted by Crippen LogP contribution is 0.425. The van der Waals surface area contributed by atoms with Crippen molar-refractivity contribution in [3.63, 3.8) is 0 Å². The molecule has 0 saturated carbocycles. The summed E-state index contributed by atoms with van der Waals surface area (Å²) in [5.41, 5.74) is 0. The number of rotatable bonds is 0. The highest BCUT2D eigenvalue weighted by Gasteiger charge is -0.264. The Morgan fingerprint density at radius 1 is 0.167 bits per heavy atom. The lowest BCUT2D eigenvalue weighted by atomic mass is 19.0. The van der Waals surface area contributed by atoms with Crippen LogP contribution in [0.3, 0.4) is 0 Å². The second kappa shape index (κ2) is 333. The van der Waals surface area contributed by atoms with Gasteiger partial charge in [0.25, 0.3) is 0 Å². The van der Waals surface area contributed by atoms with Gasteiger partial charge in [-0.3, -0.25) is 28.2 Å². The molecule has 0 amide bonds. The maximum atomic E-state index is 0. The summed E-state index contributed by atoms with van der Waals surface area (Å²) in [4.78, 5) is 0. The van der Waals surface area contributed by atoms with Crippen molar-refractivity contribution in [2.75, 3.05) is 0 Å². The molecule has 0 aliphatic heterocycles. The van der Waals surface area contributed by atoms with Gasteiger partial charge in [0.1, 0.15) is 0 Å². The fourth-order valence-corrected chi connectivity index (χ4v) is 0. The van der Waals surface area contributed by atoms with E-state index in [2.05, 4.69) is 0 Å². The van der Waals surface area contributed by atoms with Gasteiger partial charge in [0.15, 0.2) is 0 Å². The van der Waals surface area contributed by atoms with Crippen molar-refractivity contribution in [2.45, 2.75) is 0 Å². The summed E-state index contributed by atoms with van der Waals surface area (Å²) in [5, 5.41) is 0. The molecular formula is H6F6. The minimum Gasteiger partial charge on any atom is -0.269 e. The first-order chi connectivity index (χ1) is 0. The quantitative estimate of drug-likeness (QED) is 0.417. The molecule has 0 spiro atoms. The Labute approximate surface area is 29.7 Å². The van der Waals surface area contributed by atoms with Crippen LogP contribution in [0.5, 0.6) is 0 Å². The molecule has 0 heterocycles. The van der Waals surface area contributed by atoms with Crippen LogP contribution < -0.4 is 0 Å². The second-order valence-corrected chi connectivity index (χ2v) is 0. The molecule has 0 bridgehead atoms. The maximum Gasteiger partial charge on any atom is -0.269 e. The molecule has 0 radical (unpaired) electrons. The van der Waals surface area contributed by atoms with E-state index in [1.54, 1.807) is 0 Å².